The Morgan fingerprint density at radius 1 is 1.00 bits per heavy atom. The van der Waals surface area contributed by atoms with Crippen LogP contribution in [0.5, 0.6) is 17.2 Å². The van der Waals surface area contributed by atoms with Crippen molar-refractivity contribution in [2.24, 2.45) is 0 Å². The number of ether oxygens (including phenoxy) is 2. The number of aromatic nitrogens is 1. The van der Waals surface area contributed by atoms with Gasteiger partial charge in [0.25, 0.3) is 0 Å². The molecule has 184 valence electrons. The standard InChI is InChI=1S/C28H26N2O6/c1-35-26-12-17-10-18(14-31)21(15-32)28(20(17)13-27(26)36-2)16-8-9-29-22(11-16)24-7-6-19-23(30(24)34)4-3-5-25(19)33/h3-13,24,31-34H,14-15H2,1-2H3/p-1. The summed E-state index contributed by atoms with van der Waals surface area (Å²) in [6.07, 6.45) is 5.05. The molecule has 2 heterocycles. The molecule has 0 saturated carbocycles. The molecule has 36 heavy (non-hydrogen) atoms. The maximum Gasteiger partial charge on any atom is 0.161 e. The topological polar surface area (TPSA) is 118 Å². The van der Waals surface area contributed by atoms with Gasteiger partial charge in [0.15, 0.2) is 11.5 Å². The fourth-order valence-electron chi connectivity index (χ4n) is 4.79. The van der Waals surface area contributed by atoms with Crippen molar-refractivity contribution in [2.75, 3.05) is 19.3 Å². The zero-order valence-corrected chi connectivity index (χ0v) is 19.8. The Morgan fingerprint density at radius 3 is 2.50 bits per heavy atom. The molecule has 3 aromatic carbocycles. The van der Waals surface area contributed by atoms with Gasteiger partial charge in [0.05, 0.1) is 38.8 Å². The zero-order valence-electron chi connectivity index (χ0n) is 19.8. The Morgan fingerprint density at radius 2 is 1.78 bits per heavy atom. The summed E-state index contributed by atoms with van der Waals surface area (Å²) in [5.41, 5.74) is 3.98. The van der Waals surface area contributed by atoms with Crippen LogP contribution < -0.4 is 19.6 Å². The second-order valence-corrected chi connectivity index (χ2v) is 8.44. The van der Waals surface area contributed by atoms with Gasteiger partial charge in [-0.1, -0.05) is 30.0 Å². The molecule has 0 amide bonds. The van der Waals surface area contributed by atoms with Crippen LogP contribution in [-0.4, -0.2) is 34.6 Å². The highest BCUT2D eigenvalue weighted by atomic mass is 16.5. The van der Waals surface area contributed by atoms with E-state index in [9.17, 15) is 20.5 Å². The third-order valence-corrected chi connectivity index (χ3v) is 6.54. The molecule has 1 aromatic heterocycles. The number of nitrogens with zero attached hydrogens (tertiary/aromatic N) is 2. The Bertz CT molecular complexity index is 1480. The summed E-state index contributed by atoms with van der Waals surface area (Å²) < 4.78 is 11.0. The van der Waals surface area contributed by atoms with E-state index in [0.717, 1.165) is 27.0 Å². The van der Waals surface area contributed by atoms with E-state index in [-0.39, 0.29) is 19.0 Å². The van der Waals surface area contributed by atoms with E-state index in [1.165, 1.54) is 6.07 Å². The molecule has 1 aliphatic heterocycles. The molecule has 0 bridgehead atoms. The normalized spacial score (nSPS) is 14.7. The number of hydroxylamine groups is 1. The summed E-state index contributed by atoms with van der Waals surface area (Å²) in [5, 5.41) is 46.1. The number of pyridine rings is 1. The Hall–Kier alpha value is -4.11. The molecule has 8 nitrogen and oxygen atoms in total. The lowest BCUT2D eigenvalue weighted by Crippen LogP contribution is -2.27. The summed E-state index contributed by atoms with van der Waals surface area (Å²) >= 11 is 0. The van der Waals surface area contributed by atoms with Gasteiger partial charge in [0.1, 0.15) is 6.04 Å². The van der Waals surface area contributed by atoms with Gasteiger partial charge < -0.3 is 24.8 Å². The van der Waals surface area contributed by atoms with Crippen molar-refractivity contribution >= 4 is 22.5 Å². The van der Waals surface area contributed by atoms with E-state index in [1.54, 1.807) is 44.7 Å². The van der Waals surface area contributed by atoms with E-state index in [4.69, 9.17) is 9.47 Å². The van der Waals surface area contributed by atoms with Gasteiger partial charge in [0.2, 0.25) is 0 Å². The van der Waals surface area contributed by atoms with Gasteiger partial charge in [-0.25, -0.2) is 5.06 Å². The minimum Gasteiger partial charge on any atom is -0.872 e. The maximum absolute atomic E-state index is 12.2. The molecule has 3 N–H and O–H groups in total. The third kappa shape index (κ3) is 3.81. The highest BCUT2D eigenvalue weighted by Crippen LogP contribution is 2.42. The number of hydrogen-bond donors (Lipinski definition) is 3. The number of methoxy groups -OCH3 is 2. The molecule has 1 unspecified atom stereocenters. The molecule has 5 rings (SSSR count). The molecule has 0 aliphatic carbocycles. The highest BCUT2D eigenvalue weighted by Gasteiger charge is 2.25. The number of anilines is 1. The minimum atomic E-state index is -0.626. The van der Waals surface area contributed by atoms with Gasteiger partial charge in [-0.3, -0.25) is 10.2 Å². The number of fused-ring (bicyclic) bond motifs is 2. The molecule has 1 atom stereocenters. The molecule has 4 aromatic rings. The predicted octanol–water partition coefficient (Wildman–Crippen LogP) is 3.94. The number of hydrogen-bond acceptors (Lipinski definition) is 8. The Labute approximate surface area is 207 Å². The maximum atomic E-state index is 12.2. The van der Waals surface area contributed by atoms with Crippen molar-refractivity contribution < 1.29 is 30.0 Å². The van der Waals surface area contributed by atoms with E-state index >= 15 is 0 Å². The van der Waals surface area contributed by atoms with Gasteiger partial charge in [0, 0.05) is 6.20 Å². The average Bonchev–Trinajstić information content (AvgIpc) is 2.91. The van der Waals surface area contributed by atoms with Crippen LogP contribution in [0.3, 0.4) is 0 Å². The van der Waals surface area contributed by atoms with E-state index in [2.05, 4.69) is 4.98 Å². The van der Waals surface area contributed by atoms with Crippen molar-refractivity contribution in [3.8, 4) is 28.4 Å². The molecule has 0 radical (unpaired) electrons. The van der Waals surface area contributed by atoms with Crippen molar-refractivity contribution in [2.45, 2.75) is 19.3 Å². The summed E-state index contributed by atoms with van der Waals surface area (Å²) in [5.74, 6) is 0.904. The SMILES string of the molecule is COc1cc2cc(CO)c(CO)c(-c3ccnc(C4C=Cc5c([O-])cccc5N4O)c3)c2cc1OC. The monoisotopic (exact) mass is 485 g/mol. The number of aliphatic hydroxyl groups is 2. The lowest BCUT2D eigenvalue weighted by atomic mass is 9.89. The molecule has 0 saturated heterocycles. The fourth-order valence-corrected chi connectivity index (χ4v) is 4.79. The summed E-state index contributed by atoms with van der Waals surface area (Å²) in [4.78, 5) is 4.49. The van der Waals surface area contributed by atoms with Crippen LogP contribution in [0.2, 0.25) is 0 Å². The quantitative estimate of drug-likeness (QED) is 0.376. The van der Waals surface area contributed by atoms with Crippen molar-refractivity contribution in [1.82, 2.24) is 4.98 Å². The summed E-state index contributed by atoms with van der Waals surface area (Å²) in [6, 6.07) is 13.2. The molecular formula is C28H25N2O6-. The van der Waals surface area contributed by atoms with E-state index in [0.29, 0.717) is 39.6 Å². The van der Waals surface area contributed by atoms with Crippen LogP contribution in [0, 0.1) is 0 Å². The number of rotatable bonds is 6. The summed E-state index contributed by atoms with van der Waals surface area (Å²) in [6.45, 7) is -0.544. The zero-order chi connectivity index (χ0) is 25.4. The summed E-state index contributed by atoms with van der Waals surface area (Å²) in [7, 11) is 3.11. The highest BCUT2D eigenvalue weighted by molar-refractivity contribution is 6.01. The predicted molar refractivity (Wildman–Crippen MR) is 134 cm³/mol. The van der Waals surface area contributed by atoms with Crippen LogP contribution in [0.4, 0.5) is 5.69 Å². The van der Waals surface area contributed by atoms with Gasteiger partial charge in [-0.05, 0) is 75.0 Å². The van der Waals surface area contributed by atoms with Crippen LogP contribution in [0.1, 0.15) is 28.4 Å². The fraction of sp³-hybridized carbons (Fsp3) is 0.179. The number of aliphatic hydroxyl groups excluding tert-OH is 2. The first-order valence-corrected chi connectivity index (χ1v) is 11.4. The molecule has 8 heteroatoms. The van der Waals surface area contributed by atoms with Gasteiger partial charge in [-0.15, -0.1) is 0 Å². The van der Waals surface area contributed by atoms with E-state index in [1.807, 2.05) is 30.3 Å². The Kier molecular flexibility index (Phi) is 6.24. The molecule has 0 spiro atoms. The lowest BCUT2D eigenvalue weighted by molar-refractivity contribution is -0.268. The minimum absolute atomic E-state index is 0.174. The second-order valence-electron chi connectivity index (χ2n) is 8.44. The number of benzene rings is 3. The van der Waals surface area contributed by atoms with Crippen molar-refractivity contribution in [1.29, 1.82) is 0 Å². The van der Waals surface area contributed by atoms with Crippen LogP contribution in [-0.2, 0) is 13.2 Å². The van der Waals surface area contributed by atoms with Crippen LogP contribution >= 0.6 is 0 Å². The first-order valence-electron chi connectivity index (χ1n) is 11.4. The third-order valence-electron chi connectivity index (χ3n) is 6.54. The molecule has 1 aliphatic rings. The van der Waals surface area contributed by atoms with Crippen molar-refractivity contribution in [3.63, 3.8) is 0 Å². The van der Waals surface area contributed by atoms with Gasteiger partial charge in [-0.2, -0.15) is 0 Å². The first-order chi connectivity index (χ1) is 17.5. The van der Waals surface area contributed by atoms with Gasteiger partial charge >= 0.3 is 0 Å². The van der Waals surface area contributed by atoms with Crippen molar-refractivity contribution in [3.05, 3.63) is 83.2 Å². The van der Waals surface area contributed by atoms with Crippen LogP contribution in [0.25, 0.3) is 28.0 Å². The second kappa shape index (κ2) is 9.50. The smallest absolute Gasteiger partial charge is 0.161 e. The first kappa shape index (κ1) is 23.6. The largest absolute Gasteiger partial charge is 0.872 e. The molecular weight excluding hydrogens is 460 g/mol. The van der Waals surface area contributed by atoms with E-state index < -0.39 is 6.04 Å². The lowest BCUT2D eigenvalue weighted by Gasteiger charge is -2.31. The molecule has 0 fully saturated rings. The Balaban J connectivity index is 1.70. The average molecular weight is 486 g/mol. The van der Waals surface area contributed by atoms with Crippen LogP contribution in [0.15, 0.2) is 60.8 Å².